The molecule has 0 aromatic heterocycles. The molecule has 0 spiro atoms. The molecule has 0 radical (unpaired) electrons. The highest BCUT2D eigenvalue weighted by atomic mass is 16.7. The van der Waals surface area contributed by atoms with E-state index in [4.69, 9.17) is 9.47 Å². The van der Waals surface area contributed by atoms with E-state index in [9.17, 15) is 40.5 Å². The number of hydrogen-bond donors (Lipinski definition) is 8. The van der Waals surface area contributed by atoms with E-state index in [0.717, 1.165) is 38.5 Å². The van der Waals surface area contributed by atoms with Crippen LogP contribution in [-0.4, -0.2) is 110 Å². The van der Waals surface area contributed by atoms with Gasteiger partial charge in [-0.2, -0.15) is 0 Å². The number of allylic oxidation sites excluding steroid dienone is 6. The van der Waals surface area contributed by atoms with Crippen LogP contribution < -0.4 is 5.32 Å². The molecule has 11 heteroatoms. The maximum Gasteiger partial charge on any atom is 0.249 e. The second kappa shape index (κ2) is 55.8. The highest BCUT2D eigenvalue weighted by Crippen LogP contribution is 2.24. The Bertz CT molecular complexity index is 1360. The van der Waals surface area contributed by atoms with Gasteiger partial charge in [-0.1, -0.05) is 275 Å². The number of ether oxygens (including phenoxy) is 2. The van der Waals surface area contributed by atoms with Crippen LogP contribution in [0.1, 0.15) is 316 Å². The van der Waals surface area contributed by atoms with Crippen LogP contribution in [0.3, 0.4) is 0 Å². The third kappa shape index (κ3) is 43.1. The third-order valence-corrected chi connectivity index (χ3v) is 16.1. The van der Waals surface area contributed by atoms with Crippen molar-refractivity contribution >= 4 is 5.91 Å². The lowest BCUT2D eigenvalue weighted by Crippen LogP contribution is -2.60. The molecule has 1 amide bonds. The predicted molar refractivity (Wildman–Crippen MR) is 325 cm³/mol. The lowest BCUT2D eigenvalue weighted by molar-refractivity contribution is -0.303. The van der Waals surface area contributed by atoms with Crippen LogP contribution >= 0.6 is 0 Å². The van der Waals surface area contributed by atoms with E-state index in [1.54, 1.807) is 0 Å². The molecule has 1 saturated heterocycles. The number of carbonyl (C=O) groups excluding carboxylic acids is 1. The van der Waals surface area contributed by atoms with Crippen molar-refractivity contribution in [2.24, 2.45) is 0 Å². The number of aliphatic hydroxyl groups excluding tert-OH is 7. The van der Waals surface area contributed by atoms with Crippen LogP contribution in [0.15, 0.2) is 36.5 Å². The molecule has 11 nitrogen and oxygen atoms in total. The van der Waals surface area contributed by atoms with E-state index < -0.39 is 74.2 Å². The van der Waals surface area contributed by atoms with Gasteiger partial charge in [-0.05, 0) is 77.0 Å². The molecule has 0 bridgehead atoms. The summed E-state index contributed by atoms with van der Waals surface area (Å²) in [5.41, 5.74) is 0. The lowest BCUT2D eigenvalue weighted by Gasteiger charge is -2.40. The first kappa shape index (κ1) is 74.3. The molecule has 1 aliphatic rings. The summed E-state index contributed by atoms with van der Waals surface area (Å²) in [6, 6.07) is -1.19. The Morgan fingerprint density at radius 1 is 0.436 bits per heavy atom. The van der Waals surface area contributed by atoms with Gasteiger partial charge in [-0.15, -0.1) is 0 Å². The van der Waals surface area contributed by atoms with E-state index in [1.165, 1.54) is 231 Å². The maximum atomic E-state index is 13.2. The molecule has 460 valence electrons. The monoisotopic (exact) mass is 1110 g/mol. The largest absolute Gasteiger partial charge is 0.394 e. The van der Waals surface area contributed by atoms with Crippen LogP contribution in [0, 0.1) is 0 Å². The Labute approximate surface area is 479 Å². The van der Waals surface area contributed by atoms with E-state index in [0.29, 0.717) is 19.3 Å². The quantitative estimate of drug-likeness (QED) is 0.0215. The van der Waals surface area contributed by atoms with Crippen molar-refractivity contribution in [2.45, 2.75) is 371 Å². The molecular formula is C67H127NO10. The fourth-order valence-electron chi connectivity index (χ4n) is 10.8. The van der Waals surface area contributed by atoms with Gasteiger partial charge in [0.1, 0.15) is 36.6 Å². The molecule has 0 aromatic rings. The van der Waals surface area contributed by atoms with E-state index >= 15 is 0 Å². The Morgan fingerprint density at radius 2 is 0.769 bits per heavy atom. The highest BCUT2D eigenvalue weighted by Gasteiger charge is 2.44. The minimum Gasteiger partial charge on any atom is -0.394 e. The second-order valence-corrected chi connectivity index (χ2v) is 23.5. The van der Waals surface area contributed by atoms with Crippen LogP contribution in [0.5, 0.6) is 0 Å². The number of aliphatic hydroxyl groups is 7. The van der Waals surface area contributed by atoms with Crippen LogP contribution in [-0.2, 0) is 14.3 Å². The first-order valence-corrected chi connectivity index (χ1v) is 33.4. The summed E-state index contributed by atoms with van der Waals surface area (Å²) in [6.07, 6.45) is 59.3. The summed E-state index contributed by atoms with van der Waals surface area (Å²) in [7, 11) is 0. The standard InChI is InChI=1S/C67H127NO10/c1-3-5-7-9-11-13-15-17-19-21-23-25-27-28-29-30-31-33-35-37-39-41-43-45-47-49-51-53-55-60(71)66(76)68-58(57-77-67-65(75)64(74)63(73)61(56-69)78-67)62(72)59(70)54-52-50-48-46-44-42-40-38-36-34-32-26-24-22-20-18-16-14-12-10-8-6-4-2/h28-29,38,40,46,48,58-65,67,69-75H,3-27,30-37,39,41-45,47,49-57H2,1-2H3,(H,68,76)/b29-28-,40-38+,48-46+. The molecule has 0 aliphatic carbocycles. The van der Waals surface area contributed by atoms with Crippen LogP contribution in [0.25, 0.3) is 0 Å². The van der Waals surface area contributed by atoms with Gasteiger partial charge in [-0.25, -0.2) is 0 Å². The molecule has 1 rings (SSSR count). The van der Waals surface area contributed by atoms with Gasteiger partial charge in [0.05, 0.1) is 25.4 Å². The Morgan fingerprint density at radius 3 is 1.14 bits per heavy atom. The zero-order valence-electron chi connectivity index (χ0n) is 50.7. The predicted octanol–water partition coefficient (Wildman–Crippen LogP) is 15.4. The van der Waals surface area contributed by atoms with Crippen molar-refractivity contribution in [3.05, 3.63) is 36.5 Å². The zero-order valence-corrected chi connectivity index (χ0v) is 50.7. The number of amides is 1. The van der Waals surface area contributed by atoms with Crippen LogP contribution in [0.4, 0.5) is 0 Å². The van der Waals surface area contributed by atoms with E-state index in [1.807, 2.05) is 0 Å². The summed E-state index contributed by atoms with van der Waals surface area (Å²) >= 11 is 0. The van der Waals surface area contributed by atoms with Crippen molar-refractivity contribution in [2.75, 3.05) is 13.2 Å². The third-order valence-electron chi connectivity index (χ3n) is 16.1. The van der Waals surface area contributed by atoms with Gasteiger partial charge in [0.25, 0.3) is 0 Å². The summed E-state index contributed by atoms with van der Waals surface area (Å²) in [5.74, 6) is -0.707. The Hall–Kier alpha value is -1.67. The maximum absolute atomic E-state index is 13.2. The number of rotatable bonds is 58. The second-order valence-electron chi connectivity index (χ2n) is 23.5. The first-order chi connectivity index (χ1) is 38.2. The molecule has 9 unspecified atom stereocenters. The topological polar surface area (TPSA) is 189 Å². The van der Waals surface area contributed by atoms with Crippen molar-refractivity contribution in [1.29, 1.82) is 0 Å². The number of hydrogen-bond acceptors (Lipinski definition) is 10. The summed E-state index contributed by atoms with van der Waals surface area (Å²) in [4.78, 5) is 13.2. The minimum atomic E-state index is -1.67. The molecular weight excluding hydrogens is 979 g/mol. The minimum absolute atomic E-state index is 0.247. The number of unbranched alkanes of at least 4 members (excludes halogenated alkanes) is 40. The van der Waals surface area contributed by atoms with Gasteiger partial charge < -0.3 is 50.5 Å². The van der Waals surface area contributed by atoms with Crippen molar-refractivity contribution in [3.8, 4) is 0 Å². The van der Waals surface area contributed by atoms with Crippen molar-refractivity contribution < 1.29 is 50.0 Å². The molecule has 0 aromatic carbocycles. The van der Waals surface area contributed by atoms with Gasteiger partial charge in [0, 0.05) is 0 Å². The van der Waals surface area contributed by atoms with Crippen molar-refractivity contribution in [1.82, 2.24) is 5.32 Å². The lowest BCUT2D eigenvalue weighted by atomic mass is 9.98. The fraction of sp³-hybridized carbons (Fsp3) is 0.896. The molecule has 1 fully saturated rings. The molecule has 1 aliphatic heterocycles. The zero-order chi connectivity index (χ0) is 56.8. The Kier molecular flexibility index (Phi) is 53.2. The molecule has 0 saturated carbocycles. The SMILES string of the molecule is CCCCCCCCCCCCCC/C=C\CCCCCCCCCCCCCCC(O)C(=O)NC(COC1OC(CO)C(O)C(O)C1O)C(O)C(O)CCC/C=C/CC/C=C/CCCCCCCCCCCCCCCC. The van der Waals surface area contributed by atoms with Crippen molar-refractivity contribution in [3.63, 3.8) is 0 Å². The molecule has 78 heavy (non-hydrogen) atoms. The molecule has 1 heterocycles. The molecule has 8 N–H and O–H groups in total. The van der Waals surface area contributed by atoms with Gasteiger partial charge in [-0.3, -0.25) is 4.79 Å². The summed E-state index contributed by atoms with van der Waals surface area (Å²) < 4.78 is 11.2. The first-order valence-electron chi connectivity index (χ1n) is 33.4. The van der Waals surface area contributed by atoms with E-state index in [-0.39, 0.29) is 12.8 Å². The Balaban J connectivity index is 2.26. The van der Waals surface area contributed by atoms with Gasteiger partial charge in [0.15, 0.2) is 6.29 Å². The summed E-state index contributed by atoms with van der Waals surface area (Å²) in [6.45, 7) is 3.48. The summed E-state index contributed by atoms with van der Waals surface area (Å²) in [5, 5.41) is 76.4. The molecule has 9 atom stereocenters. The number of nitrogens with one attached hydrogen (secondary N) is 1. The normalized spacial score (nSPS) is 19.6. The number of carbonyl (C=O) groups is 1. The average molecular weight is 1110 g/mol. The van der Waals surface area contributed by atoms with E-state index in [2.05, 4.69) is 55.6 Å². The highest BCUT2D eigenvalue weighted by molar-refractivity contribution is 5.80. The fourth-order valence-corrected chi connectivity index (χ4v) is 10.8. The smallest absolute Gasteiger partial charge is 0.249 e. The van der Waals surface area contributed by atoms with Gasteiger partial charge >= 0.3 is 0 Å². The average Bonchev–Trinajstić information content (AvgIpc) is 3.46. The van der Waals surface area contributed by atoms with Crippen LogP contribution in [0.2, 0.25) is 0 Å². The van der Waals surface area contributed by atoms with Gasteiger partial charge in [0.2, 0.25) is 5.91 Å².